The molecule has 0 saturated carbocycles. The standard InChI is InChI=1S/C20H20FN3O3S/c1-13-4-3-5-17(22-13)20-19(14-6-8-15(21)9-7-14)18-11-10-16(24(18)23-20)12-27-28(2,25)26/h3-9,16H,10-12H2,1-2H3/t16-/m1/s1. The fourth-order valence-electron chi connectivity index (χ4n) is 3.57. The minimum atomic E-state index is -3.53. The van der Waals surface area contributed by atoms with Crippen molar-refractivity contribution in [1.82, 2.24) is 14.8 Å². The van der Waals surface area contributed by atoms with E-state index in [1.54, 1.807) is 12.1 Å². The minimum absolute atomic E-state index is 0.0387. The highest BCUT2D eigenvalue weighted by atomic mass is 32.2. The summed E-state index contributed by atoms with van der Waals surface area (Å²) in [6, 6.07) is 11.8. The molecular weight excluding hydrogens is 381 g/mol. The largest absolute Gasteiger partial charge is 0.268 e. The molecule has 0 spiro atoms. The smallest absolute Gasteiger partial charge is 0.264 e. The Balaban J connectivity index is 1.83. The molecule has 1 aromatic carbocycles. The van der Waals surface area contributed by atoms with Crippen molar-refractivity contribution < 1.29 is 17.0 Å². The number of benzene rings is 1. The Bertz CT molecular complexity index is 1120. The summed E-state index contributed by atoms with van der Waals surface area (Å²) < 4.78 is 43.1. The molecule has 6 nitrogen and oxygen atoms in total. The van der Waals surface area contributed by atoms with Gasteiger partial charge in [0.2, 0.25) is 0 Å². The fraction of sp³-hybridized carbons (Fsp3) is 0.300. The van der Waals surface area contributed by atoms with Crippen molar-refractivity contribution in [3.63, 3.8) is 0 Å². The zero-order chi connectivity index (χ0) is 19.9. The Morgan fingerprint density at radius 3 is 2.64 bits per heavy atom. The summed E-state index contributed by atoms with van der Waals surface area (Å²) in [5.41, 5.74) is 5.03. The van der Waals surface area contributed by atoms with Gasteiger partial charge in [-0.3, -0.25) is 13.8 Å². The molecule has 0 fully saturated rings. The first-order valence-electron chi connectivity index (χ1n) is 8.97. The summed E-state index contributed by atoms with van der Waals surface area (Å²) in [5, 5.41) is 4.77. The first-order chi connectivity index (χ1) is 13.3. The van der Waals surface area contributed by atoms with E-state index in [1.807, 2.05) is 29.8 Å². The highest BCUT2D eigenvalue weighted by Gasteiger charge is 2.31. The van der Waals surface area contributed by atoms with E-state index in [0.717, 1.165) is 47.3 Å². The van der Waals surface area contributed by atoms with Crippen LogP contribution in [0.5, 0.6) is 0 Å². The number of fused-ring (bicyclic) bond motifs is 1. The monoisotopic (exact) mass is 401 g/mol. The first-order valence-corrected chi connectivity index (χ1v) is 10.8. The fourth-order valence-corrected chi connectivity index (χ4v) is 3.97. The lowest BCUT2D eigenvalue weighted by Gasteiger charge is -2.11. The highest BCUT2D eigenvalue weighted by molar-refractivity contribution is 7.85. The molecular formula is C20H20FN3O3S. The number of hydrogen-bond donors (Lipinski definition) is 0. The zero-order valence-electron chi connectivity index (χ0n) is 15.6. The quantitative estimate of drug-likeness (QED) is 0.612. The molecule has 0 amide bonds. The zero-order valence-corrected chi connectivity index (χ0v) is 16.4. The molecule has 2 aromatic heterocycles. The molecule has 0 radical (unpaired) electrons. The summed E-state index contributed by atoms with van der Waals surface area (Å²) >= 11 is 0. The van der Waals surface area contributed by atoms with Crippen LogP contribution in [-0.2, 0) is 20.7 Å². The number of rotatable bonds is 5. The van der Waals surface area contributed by atoms with Crippen molar-refractivity contribution in [3.05, 3.63) is 59.7 Å². The normalized spacial score (nSPS) is 16.3. The van der Waals surface area contributed by atoms with Crippen LogP contribution in [0.2, 0.25) is 0 Å². The van der Waals surface area contributed by atoms with Crippen LogP contribution in [0.4, 0.5) is 4.39 Å². The van der Waals surface area contributed by atoms with Crippen LogP contribution in [0, 0.1) is 12.7 Å². The molecule has 3 aromatic rings. The Morgan fingerprint density at radius 2 is 1.96 bits per heavy atom. The van der Waals surface area contributed by atoms with Crippen molar-refractivity contribution in [2.75, 3.05) is 12.9 Å². The van der Waals surface area contributed by atoms with E-state index in [-0.39, 0.29) is 18.5 Å². The first kappa shape index (κ1) is 18.8. The maximum atomic E-state index is 13.4. The van der Waals surface area contributed by atoms with Crippen LogP contribution in [-0.4, -0.2) is 36.0 Å². The Kier molecular flexibility index (Phi) is 4.76. The van der Waals surface area contributed by atoms with Gasteiger partial charge in [-0.1, -0.05) is 18.2 Å². The van der Waals surface area contributed by atoms with Gasteiger partial charge in [-0.2, -0.15) is 13.5 Å². The lowest BCUT2D eigenvalue weighted by Crippen LogP contribution is -2.16. The molecule has 28 heavy (non-hydrogen) atoms. The molecule has 0 aliphatic carbocycles. The van der Waals surface area contributed by atoms with Crippen LogP contribution >= 0.6 is 0 Å². The van der Waals surface area contributed by atoms with E-state index in [1.165, 1.54) is 12.1 Å². The number of halogens is 1. The topological polar surface area (TPSA) is 74.1 Å². The van der Waals surface area contributed by atoms with E-state index >= 15 is 0 Å². The Hall–Kier alpha value is -2.58. The van der Waals surface area contributed by atoms with Crippen LogP contribution in [0.25, 0.3) is 22.5 Å². The number of pyridine rings is 1. The van der Waals surface area contributed by atoms with Crippen molar-refractivity contribution >= 4 is 10.1 Å². The van der Waals surface area contributed by atoms with Crippen LogP contribution in [0.15, 0.2) is 42.5 Å². The van der Waals surface area contributed by atoms with Gasteiger partial charge in [0.25, 0.3) is 10.1 Å². The molecule has 0 bridgehead atoms. The third-order valence-corrected chi connectivity index (χ3v) is 5.37. The summed E-state index contributed by atoms with van der Waals surface area (Å²) in [4.78, 5) is 4.59. The molecule has 0 unspecified atom stereocenters. The lowest BCUT2D eigenvalue weighted by atomic mass is 9.99. The molecule has 1 aliphatic heterocycles. The predicted molar refractivity (Wildman–Crippen MR) is 104 cm³/mol. The number of aromatic nitrogens is 3. The minimum Gasteiger partial charge on any atom is -0.268 e. The van der Waals surface area contributed by atoms with Gasteiger partial charge in [-0.15, -0.1) is 0 Å². The Labute approximate surface area is 163 Å². The highest BCUT2D eigenvalue weighted by Crippen LogP contribution is 2.40. The SMILES string of the molecule is Cc1cccc(-c2nn3c(c2-c2ccc(F)cc2)CC[C@@H]3COS(C)(=O)=O)n1. The second-order valence-corrected chi connectivity index (χ2v) is 8.61. The lowest BCUT2D eigenvalue weighted by molar-refractivity contribution is 0.252. The number of aryl methyl sites for hydroxylation is 1. The van der Waals surface area contributed by atoms with E-state index in [9.17, 15) is 12.8 Å². The summed E-state index contributed by atoms with van der Waals surface area (Å²) in [7, 11) is -3.53. The van der Waals surface area contributed by atoms with Gasteiger partial charge in [0, 0.05) is 17.0 Å². The summed E-state index contributed by atoms with van der Waals surface area (Å²) in [5.74, 6) is -0.303. The molecule has 1 atom stereocenters. The third kappa shape index (κ3) is 3.70. The van der Waals surface area contributed by atoms with Crippen molar-refractivity contribution in [2.24, 2.45) is 0 Å². The molecule has 1 aliphatic rings. The maximum Gasteiger partial charge on any atom is 0.264 e. The molecule has 3 heterocycles. The Morgan fingerprint density at radius 1 is 1.21 bits per heavy atom. The summed E-state index contributed by atoms with van der Waals surface area (Å²) in [6.07, 6.45) is 2.49. The second kappa shape index (κ2) is 7.10. The van der Waals surface area contributed by atoms with E-state index < -0.39 is 10.1 Å². The van der Waals surface area contributed by atoms with Crippen molar-refractivity contribution in [1.29, 1.82) is 0 Å². The van der Waals surface area contributed by atoms with Gasteiger partial charge in [-0.05, 0) is 49.6 Å². The average Bonchev–Trinajstić information content (AvgIpc) is 3.19. The molecule has 0 saturated heterocycles. The van der Waals surface area contributed by atoms with Crippen LogP contribution < -0.4 is 0 Å². The van der Waals surface area contributed by atoms with Crippen LogP contribution in [0.1, 0.15) is 23.9 Å². The molecule has 0 N–H and O–H groups in total. The van der Waals surface area contributed by atoms with Gasteiger partial charge < -0.3 is 0 Å². The average molecular weight is 401 g/mol. The maximum absolute atomic E-state index is 13.4. The number of hydrogen-bond acceptors (Lipinski definition) is 5. The van der Waals surface area contributed by atoms with Gasteiger partial charge >= 0.3 is 0 Å². The van der Waals surface area contributed by atoms with Crippen LogP contribution in [0.3, 0.4) is 0 Å². The predicted octanol–water partition coefficient (Wildman–Crippen LogP) is 3.52. The number of nitrogens with zero attached hydrogens (tertiary/aromatic N) is 3. The van der Waals surface area contributed by atoms with Crippen molar-refractivity contribution in [2.45, 2.75) is 25.8 Å². The van der Waals surface area contributed by atoms with E-state index in [0.29, 0.717) is 5.69 Å². The van der Waals surface area contributed by atoms with Gasteiger partial charge in [0.05, 0.1) is 24.6 Å². The van der Waals surface area contributed by atoms with E-state index in [4.69, 9.17) is 9.28 Å². The second-order valence-electron chi connectivity index (χ2n) is 6.97. The third-order valence-electron chi connectivity index (χ3n) is 4.81. The van der Waals surface area contributed by atoms with Crippen molar-refractivity contribution in [3.8, 4) is 22.5 Å². The molecule has 8 heteroatoms. The summed E-state index contributed by atoms with van der Waals surface area (Å²) in [6.45, 7) is 1.95. The van der Waals surface area contributed by atoms with Gasteiger partial charge in [0.15, 0.2) is 0 Å². The van der Waals surface area contributed by atoms with E-state index in [2.05, 4.69) is 4.98 Å². The van der Waals surface area contributed by atoms with Gasteiger partial charge in [-0.25, -0.2) is 4.39 Å². The van der Waals surface area contributed by atoms with Gasteiger partial charge in [0.1, 0.15) is 11.5 Å². The molecule has 4 rings (SSSR count). The molecule has 146 valence electrons.